The SMILES string of the molecule is CCCCC/C=C\C/C=C\CCCCCCCCNC(=O)C(CCN)NC(=O)CCCCCCC/C=C\C/C=C\CCCCC. The largest absolute Gasteiger partial charge is 0.354 e. The molecule has 4 N–H and O–H groups in total. The summed E-state index contributed by atoms with van der Waals surface area (Å²) in [6.07, 6.45) is 46.6. The molecule has 0 fully saturated rings. The van der Waals surface area contributed by atoms with E-state index in [1.54, 1.807) is 0 Å². The topological polar surface area (TPSA) is 84.2 Å². The first-order valence-electron chi connectivity index (χ1n) is 19.0. The van der Waals surface area contributed by atoms with Gasteiger partial charge in [-0.25, -0.2) is 0 Å². The molecule has 0 saturated heterocycles. The van der Waals surface area contributed by atoms with Crippen molar-refractivity contribution in [1.82, 2.24) is 10.6 Å². The van der Waals surface area contributed by atoms with Gasteiger partial charge in [0.05, 0.1) is 0 Å². The van der Waals surface area contributed by atoms with Gasteiger partial charge < -0.3 is 16.4 Å². The van der Waals surface area contributed by atoms with E-state index >= 15 is 0 Å². The second-order valence-electron chi connectivity index (χ2n) is 12.6. The molecule has 0 heterocycles. The minimum absolute atomic E-state index is 0.0389. The van der Waals surface area contributed by atoms with Crippen LogP contribution in [-0.2, 0) is 9.59 Å². The van der Waals surface area contributed by atoms with Crippen LogP contribution in [0.4, 0.5) is 0 Å². The van der Waals surface area contributed by atoms with Crippen molar-refractivity contribution in [3.8, 4) is 0 Å². The van der Waals surface area contributed by atoms with E-state index in [4.69, 9.17) is 5.73 Å². The number of amides is 2. The zero-order valence-electron chi connectivity index (χ0n) is 29.7. The minimum atomic E-state index is -0.523. The van der Waals surface area contributed by atoms with Crippen molar-refractivity contribution in [2.24, 2.45) is 5.73 Å². The Hall–Kier alpha value is -2.14. The van der Waals surface area contributed by atoms with E-state index in [1.165, 1.54) is 96.3 Å². The third kappa shape index (κ3) is 33.0. The molecule has 1 atom stereocenters. The first kappa shape index (κ1) is 42.9. The Labute approximate surface area is 279 Å². The third-order valence-electron chi connectivity index (χ3n) is 8.14. The quantitative estimate of drug-likeness (QED) is 0.0500. The number of allylic oxidation sites excluding steroid dienone is 8. The maximum atomic E-state index is 12.6. The maximum Gasteiger partial charge on any atom is 0.242 e. The van der Waals surface area contributed by atoms with Crippen molar-refractivity contribution in [2.45, 2.75) is 180 Å². The molecule has 45 heavy (non-hydrogen) atoms. The van der Waals surface area contributed by atoms with Crippen molar-refractivity contribution in [2.75, 3.05) is 13.1 Å². The van der Waals surface area contributed by atoms with E-state index in [2.05, 4.69) is 73.1 Å². The first-order chi connectivity index (χ1) is 22.2. The maximum absolute atomic E-state index is 12.6. The summed E-state index contributed by atoms with van der Waals surface area (Å²) in [4.78, 5) is 25.1. The highest BCUT2D eigenvalue weighted by atomic mass is 16.2. The van der Waals surface area contributed by atoms with Crippen molar-refractivity contribution < 1.29 is 9.59 Å². The summed E-state index contributed by atoms with van der Waals surface area (Å²) >= 11 is 0. The van der Waals surface area contributed by atoms with Crippen LogP contribution >= 0.6 is 0 Å². The molecule has 0 spiro atoms. The Morgan fingerprint density at radius 1 is 0.556 bits per heavy atom. The summed E-state index contributed by atoms with van der Waals surface area (Å²) in [5, 5.41) is 5.93. The molecule has 0 aliphatic rings. The average molecular weight is 628 g/mol. The fourth-order valence-corrected chi connectivity index (χ4v) is 5.25. The van der Waals surface area contributed by atoms with Gasteiger partial charge in [-0.1, -0.05) is 133 Å². The van der Waals surface area contributed by atoms with E-state index in [0.29, 0.717) is 25.9 Å². The van der Waals surface area contributed by atoms with Gasteiger partial charge in [0.1, 0.15) is 6.04 Å². The molecule has 0 radical (unpaired) electrons. The number of carbonyl (C=O) groups excluding carboxylic acids is 2. The summed E-state index contributed by atoms with van der Waals surface area (Å²) in [6.45, 7) is 5.53. The second kappa shape index (κ2) is 36.3. The van der Waals surface area contributed by atoms with Crippen LogP contribution in [0.3, 0.4) is 0 Å². The molecular formula is C40H73N3O2. The van der Waals surface area contributed by atoms with Crippen LogP contribution in [0.2, 0.25) is 0 Å². The van der Waals surface area contributed by atoms with Gasteiger partial charge in [0.15, 0.2) is 0 Å². The second-order valence-corrected chi connectivity index (χ2v) is 12.6. The van der Waals surface area contributed by atoms with Crippen molar-refractivity contribution in [1.29, 1.82) is 0 Å². The van der Waals surface area contributed by atoms with Crippen LogP contribution in [0, 0.1) is 0 Å². The molecule has 0 aliphatic carbocycles. The van der Waals surface area contributed by atoms with Crippen LogP contribution in [0.15, 0.2) is 48.6 Å². The van der Waals surface area contributed by atoms with Crippen molar-refractivity contribution in [3.05, 3.63) is 48.6 Å². The van der Waals surface area contributed by atoms with Crippen LogP contribution in [0.5, 0.6) is 0 Å². The van der Waals surface area contributed by atoms with Gasteiger partial charge >= 0.3 is 0 Å². The number of hydrogen-bond acceptors (Lipinski definition) is 3. The van der Waals surface area contributed by atoms with Gasteiger partial charge in [0.25, 0.3) is 0 Å². The third-order valence-corrected chi connectivity index (χ3v) is 8.14. The molecule has 260 valence electrons. The predicted molar refractivity (Wildman–Crippen MR) is 197 cm³/mol. The van der Waals surface area contributed by atoms with Crippen LogP contribution in [-0.4, -0.2) is 30.9 Å². The highest BCUT2D eigenvalue weighted by Crippen LogP contribution is 2.10. The fraction of sp³-hybridized carbons (Fsp3) is 0.750. The van der Waals surface area contributed by atoms with E-state index in [-0.39, 0.29) is 11.8 Å². The van der Waals surface area contributed by atoms with Gasteiger partial charge in [-0.15, -0.1) is 0 Å². The fourth-order valence-electron chi connectivity index (χ4n) is 5.25. The van der Waals surface area contributed by atoms with E-state index in [1.807, 2.05) is 0 Å². The number of hydrogen-bond donors (Lipinski definition) is 3. The minimum Gasteiger partial charge on any atom is -0.354 e. The average Bonchev–Trinajstić information content (AvgIpc) is 3.04. The zero-order chi connectivity index (χ0) is 32.9. The molecule has 0 aromatic heterocycles. The molecule has 0 aromatic carbocycles. The van der Waals surface area contributed by atoms with Crippen LogP contribution < -0.4 is 16.4 Å². The summed E-state index contributed by atoms with van der Waals surface area (Å²) in [7, 11) is 0. The number of carbonyl (C=O) groups is 2. The van der Waals surface area contributed by atoms with Crippen molar-refractivity contribution in [3.63, 3.8) is 0 Å². The molecule has 5 nitrogen and oxygen atoms in total. The highest BCUT2D eigenvalue weighted by Gasteiger charge is 2.19. The van der Waals surface area contributed by atoms with Gasteiger partial charge in [0, 0.05) is 13.0 Å². The van der Waals surface area contributed by atoms with Gasteiger partial charge in [-0.2, -0.15) is 0 Å². The van der Waals surface area contributed by atoms with Crippen molar-refractivity contribution >= 4 is 11.8 Å². The standard InChI is InChI=1S/C40H73N3O2/c1-3-5-7-9-11-13-15-17-19-21-23-25-27-29-31-33-37-42-40(45)38(35-36-41)43-39(44)34-32-30-28-26-24-22-20-18-16-14-12-10-8-6-4-2/h11-14,17-20,38H,3-10,15-16,21-37,41H2,1-2H3,(H,42,45)(H,43,44)/b13-11-,14-12-,19-17-,20-18-. The van der Waals surface area contributed by atoms with Crippen LogP contribution in [0.1, 0.15) is 174 Å². The smallest absolute Gasteiger partial charge is 0.242 e. The van der Waals surface area contributed by atoms with Gasteiger partial charge in [-0.05, 0) is 90.0 Å². The molecular weight excluding hydrogens is 554 g/mol. The van der Waals surface area contributed by atoms with Gasteiger partial charge in [0.2, 0.25) is 11.8 Å². The van der Waals surface area contributed by atoms with Gasteiger partial charge in [-0.3, -0.25) is 9.59 Å². The van der Waals surface area contributed by atoms with E-state index in [9.17, 15) is 9.59 Å². The number of unbranched alkanes of at least 4 members (excludes halogenated alkanes) is 17. The molecule has 0 aliphatic heterocycles. The number of nitrogens with one attached hydrogen (secondary N) is 2. The Morgan fingerprint density at radius 2 is 0.978 bits per heavy atom. The van der Waals surface area contributed by atoms with E-state index in [0.717, 1.165) is 51.4 Å². The lowest BCUT2D eigenvalue weighted by molar-refractivity contribution is -0.129. The Morgan fingerprint density at radius 3 is 1.44 bits per heavy atom. The Bertz CT molecular complexity index is 772. The summed E-state index contributed by atoms with van der Waals surface area (Å²) < 4.78 is 0. The monoisotopic (exact) mass is 628 g/mol. The molecule has 0 aromatic rings. The summed E-state index contributed by atoms with van der Waals surface area (Å²) in [5.74, 6) is -0.139. The normalized spacial score (nSPS) is 12.7. The Kier molecular flexibility index (Phi) is 34.6. The summed E-state index contributed by atoms with van der Waals surface area (Å²) in [5.41, 5.74) is 5.73. The molecule has 0 saturated carbocycles. The Balaban J connectivity index is 3.75. The lowest BCUT2D eigenvalue weighted by atomic mass is 10.1. The highest BCUT2D eigenvalue weighted by molar-refractivity contribution is 5.87. The molecule has 0 bridgehead atoms. The van der Waals surface area contributed by atoms with E-state index < -0.39 is 6.04 Å². The first-order valence-corrected chi connectivity index (χ1v) is 19.0. The van der Waals surface area contributed by atoms with Crippen LogP contribution in [0.25, 0.3) is 0 Å². The summed E-state index contributed by atoms with van der Waals surface area (Å²) in [6, 6.07) is -0.523. The molecule has 1 unspecified atom stereocenters. The predicted octanol–water partition coefficient (Wildman–Crippen LogP) is 10.6. The number of nitrogens with two attached hydrogens (primary N) is 1. The number of rotatable bonds is 33. The lowest BCUT2D eigenvalue weighted by Gasteiger charge is -2.18. The molecule has 5 heteroatoms. The lowest BCUT2D eigenvalue weighted by Crippen LogP contribution is -2.47. The molecule has 2 amide bonds. The zero-order valence-corrected chi connectivity index (χ0v) is 29.7. The molecule has 0 rings (SSSR count).